The number of carbonyl (C=O) groups excluding carboxylic acids is 1. The Bertz CT molecular complexity index is 1150. The first-order valence-electron chi connectivity index (χ1n) is 10.7. The van der Waals surface area contributed by atoms with Crippen molar-refractivity contribution < 1.29 is 27.6 Å². The number of nitro benzene ring substituents is 1. The molecule has 33 heavy (non-hydrogen) atoms. The lowest BCUT2D eigenvalue weighted by Gasteiger charge is -2.43. The lowest BCUT2D eigenvalue weighted by Crippen LogP contribution is -2.54. The fourth-order valence-corrected chi connectivity index (χ4v) is 5.45. The highest BCUT2D eigenvalue weighted by atomic mass is 32.2. The summed E-state index contributed by atoms with van der Waals surface area (Å²) in [5.74, 6) is -0.00205. The third kappa shape index (κ3) is 4.79. The van der Waals surface area contributed by atoms with Crippen LogP contribution in [0.25, 0.3) is 0 Å². The summed E-state index contributed by atoms with van der Waals surface area (Å²) in [6, 6.07) is 9.33. The van der Waals surface area contributed by atoms with Crippen LogP contribution < -0.4 is 9.46 Å². The van der Waals surface area contributed by atoms with E-state index in [1.54, 1.807) is 0 Å². The minimum absolute atomic E-state index is 0.0476. The Morgan fingerprint density at radius 1 is 1.18 bits per heavy atom. The Balaban J connectivity index is 1.53. The lowest BCUT2D eigenvalue weighted by molar-refractivity contribution is -0.384. The topological polar surface area (TPSA) is 128 Å². The van der Waals surface area contributed by atoms with Gasteiger partial charge in [-0.25, -0.2) is 8.42 Å². The summed E-state index contributed by atoms with van der Waals surface area (Å²) in [5.41, 5.74) is 0.0672. The fourth-order valence-electron chi connectivity index (χ4n) is 4.38. The van der Waals surface area contributed by atoms with Gasteiger partial charge in [0.05, 0.1) is 41.4 Å². The second-order valence-corrected chi connectivity index (χ2v) is 9.71. The van der Waals surface area contributed by atoms with Gasteiger partial charge in [0, 0.05) is 24.2 Å². The van der Waals surface area contributed by atoms with Crippen LogP contribution in [0.3, 0.4) is 0 Å². The molecule has 2 atom stereocenters. The summed E-state index contributed by atoms with van der Waals surface area (Å²) in [6.45, 7) is 1.00. The summed E-state index contributed by atoms with van der Waals surface area (Å²) in [6.07, 6.45) is 4.05. The van der Waals surface area contributed by atoms with E-state index in [4.69, 9.17) is 9.47 Å². The van der Waals surface area contributed by atoms with Crippen LogP contribution in [-0.4, -0.2) is 56.6 Å². The second kappa shape index (κ2) is 9.36. The first-order valence-corrected chi connectivity index (χ1v) is 12.2. The van der Waals surface area contributed by atoms with Crippen LogP contribution >= 0.6 is 0 Å². The standard InChI is InChI=1S/C22H25N3O7S/c1-31-20-11-8-16(25(27)28)14-18(20)23-33(29,30)17-9-6-15(7-10-17)22(26)24-12-13-32-21-5-3-2-4-19(21)24/h6-11,14,19,21,23H,2-5,12-13H2,1H3/t19-,21-/m0/s1. The van der Waals surface area contributed by atoms with E-state index < -0.39 is 14.9 Å². The number of nitrogens with zero attached hydrogens (tertiary/aromatic N) is 2. The molecule has 1 amide bonds. The minimum Gasteiger partial charge on any atom is -0.495 e. The predicted octanol–water partition coefficient (Wildman–Crippen LogP) is 3.19. The highest BCUT2D eigenvalue weighted by molar-refractivity contribution is 7.92. The number of rotatable bonds is 6. The number of fused-ring (bicyclic) bond motifs is 1. The van der Waals surface area contributed by atoms with Crippen LogP contribution in [0.15, 0.2) is 47.4 Å². The maximum absolute atomic E-state index is 13.1. The third-order valence-corrected chi connectivity index (χ3v) is 7.42. The zero-order chi connectivity index (χ0) is 23.6. The average Bonchev–Trinajstić information content (AvgIpc) is 2.83. The zero-order valence-electron chi connectivity index (χ0n) is 18.1. The largest absolute Gasteiger partial charge is 0.495 e. The highest BCUT2D eigenvalue weighted by Gasteiger charge is 2.37. The van der Waals surface area contributed by atoms with Crippen molar-refractivity contribution >= 4 is 27.3 Å². The van der Waals surface area contributed by atoms with Gasteiger partial charge in [-0.3, -0.25) is 19.6 Å². The quantitative estimate of drug-likeness (QED) is 0.502. The minimum atomic E-state index is -4.07. The van der Waals surface area contributed by atoms with E-state index in [0.29, 0.717) is 18.7 Å². The number of methoxy groups -OCH3 is 1. The van der Waals surface area contributed by atoms with E-state index in [-0.39, 0.29) is 40.1 Å². The van der Waals surface area contributed by atoms with Gasteiger partial charge in [0.1, 0.15) is 5.75 Å². The maximum Gasteiger partial charge on any atom is 0.271 e. The van der Waals surface area contributed by atoms with Crippen molar-refractivity contribution in [1.82, 2.24) is 4.90 Å². The van der Waals surface area contributed by atoms with Crippen LogP contribution in [0.2, 0.25) is 0 Å². The van der Waals surface area contributed by atoms with Crippen molar-refractivity contribution in [3.8, 4) is 5.75 Å². The SMILES string of the molecule is COc1ccc([N+](=O)[O-])cc1NS(=O)(=O)c1ccc(C(=O)N2CCO[C@H]3CCCC[C@@H]32)cc1. The number of nitrogens with one attached hydrogen (secondary N) is 1. The zero-order valence-corrected chi connectivity index (χ0v) is 18.9. The lowest BCUT2D eigenvalue weighted by atomic mass is 9.89. The number of morpholine rings is 1. The van der Waals surface area contributed by atoms with Crippen LogP contribution in [0.5, 0.6) is 5.75 Å². The van der Waals surface area contributed by atoms with Crippen LogP contribution in [0, 0.1) is 10.1 Å². The van der Waals surface area contributed by atoms with E-state index in [9.17, 15) is 23.3 Å². The fraction of sp³-hybridized carbons (Fsp3) is 0.409. The number of benzene rings is 2. The Kier molecular flexibility index (Phi) is 6.52. The predicted molar refractivity (Wildman–Crippen MR) is 120 cm³/mol. The molecule has 1 aliphatic heterocycles. The number of hydrogen-bond acceptors (Lipinski definition) is 7. The molecule has 2 aliphatic rings. The molecule has 0 unspecified atom stereocenters. The number of amides is 1. The summed E-state index contributed by atoms with van der Waals surface area (Å²) >= 11 is 0. The van der Waals surface area contributed by atoms with Crippen molar-refractivity contribution in [2.75, 3.05) is 25.0 Å². The van der Waals surface area contributed by atoms with Crippen molar-refractivity contribution in [2.24, 2.45) is 0 Å². The Labute approximate surface area is 191 Å². The molecule has 1 saturated carbocycles. The second-order valence-electron chi connectivity index (χ2n) is 8.03. The molecule has 4 rings (SSSR count). The molecule has 1 aliphatic carbocycles. The molecule has 0 radical (unpaired) electrons. The molecule has 2 fully saturated rings. The number of nitro groups is 1. The number of sulfonamides is 1. The molecule has 1 N–H and O–H groups in total. The van der Waals surface area contributed by atoms with Gasteiger partial charge in [0.2, 0.25) is 0 Å². The van der Waals surface area contributed by atoms with Gasteiger partial charge in [-0.15, -0.1) is 0 Å². The first-order chi connectivity index (χ1) is 15.8. The molecular weight excluding hydrogens is 450 g/mol. The summed E-state index contributed by atoms with van der Waals surface area (Å²) in [5, 5.41) is 11.1. The van der Waals surface area contributed by atoms with Crippen molar-refractivity contribution in [2.45, 2.75) is 42.7 Å². The van der Waals surface area contributed by atoms with Gasteiger partial charge < -0.3 is 14.4 Å². The third-order valence-electron chi connectivity index (χ3n) is 6.04. The maximum atomic E-state index is 13.1. The van der Waals surface area contributed by atoms with E-state index in [1.807, 2.05) is 4.90 Å². The molecule has 1 saturated heterocycles. The summed E-state index contributed by atoms with van der Waals surface area (Å²) in [7, 11) is -2.74. The first kappa shape index (κ1) is 23.0. The van der Waals surface area contributed by atoms with E-state index in [1.165, 1.54) is 43.5 Å². The number of hydrogen-bond donors (Lipinski definition) is 1. The number of anilines is 1. The molecule has 0 spiro atoms. The van der Waals surface area contributed by atoms with Gasteiger partial charge in [0.15, 0.2) is 0 Å². The van der Waals surface area contributed by atoms with Crippen LogP contribution in [0.4, 0.5) is 11.4 Å². The normalized spacial score (nSPS) is 20.6. The Hall–Kier alpha value is -3.18. The Morgan fingerprint density at radius 2 is 1.91 bits per heavy atom. The number of ether oxygens (including phenoxy) is 2. The van der Waals surface area contributed by atoms with Crippen LogP contribution in [-0.2, 0) is 14.8 Å². The molecule has 176 valence electrons. The molecular formula is C22H25N3O7S. The molecule has 2 aromatic rings. The number of non-ortho nitro benzene ring substituents is 1. The van der Waals surface area contributed by atoms with Crippen molar-refractivity contribution in [3.63, 3.8) is 0 Å². The molecule has 10 nitrogen and oxygen atoms in total. The Morgan fingerprint density at radius 3 is 2.61 bits per heavy atom. The van der Waals surface area contributed by atoms with E-state index in [2.05, 4.69) is 4.72 Å². The van der Waals surface area contributed by atoms with Gasteiger partial charge >= 0.3 is 0 Å². The molecule has 11 heteroatoms. The van der Waals surface area contributed by atoms with Crippen LogP contribution in [0.1, 0.15) is 36.0 Å². The van der Waals surface area contributed by atoms with Gasteiger partial charge in [-0.2, -0.15) is 0 Å². The van der Waals surface area contributed by atoms with Crippen molar-refractivity contribution in [3.05, 3.63) is 58.1 Å². The van der Waals surface area contributed by atoms with E-state index in [0.717, 1.165) is 31.7 Å². The van der Waals surface area contributed by atoms with Crippen molar-refractivity contribution in [1.29, 1.82) is 0 Å². The van der Waals surface area contributed by atoms with Gasteiger partial charge in [-0.1, -0.05) is 12.8 Å². The molecule has 0 bridgehead atoms. The average molecular weight is 476 g/mol. The monoisotopic (exact) mass is 475 g/mol. The molecule has 2 aromatic carbocycles. The van der Waals surface area contributed by atoms with Gasteiger partial charge in [0.25, 0.3) is 21.6 Å². The molecule has 0 aromatic heterocycles. The van der Waals surface area contributed by atoms with Gasteiger partial charge in [-0.05, 0) is 43.2 Å². The summed E-state index contributed by atoms with van der Waals surface area (Å²) in [4.78, 5) is 25.3. The molecule has 1 heterocycles. The van der Waals surface area contributed by atoms with E-state index >= 15 is 0 Å². The summed E-state index contributed by atoms with van der Waals surface area (Å²) < 4.78 is 39.0. The smallest absolute Gasteiger partial charge is 0.271 e. The highest BCUT2D eigenvalue weighted by Crippen LogP contribution is 2.32. The number of carbonyl (C=O) groups is 1.